The van der Waals surface area contributed by atoms with E-state index in [1.165, 1.54) is 0 Å². The second-order valence-electron chi connectivity index (χ2n) is 5.03. The van der Waals surface area contributed by atoms with E-state index in [0.717, 1.165) is 23.1 Å². The topological polar surface area (TPSA) is 23.6 Å². The molecular formula is C14H19BrN2OS. The summed E-state index contributed by atoms with van der Waals surface area (Å²) in [4.78, 5) is 16.7. The molecule has 0 saturated carbocycles. The number of thioether (sulfide) groups is 1. The molecule has 0 aliphatic carbocycles. The summed E-state index contributed by atoms with van der Waals surface area (Å²) in [5.41, 5.74) is 0.758. The molecule has 1 aromatic carbocycles. The third-order valence-corrected chi connectivity index (χ3v) is 5.12. The highest BCUT2D eigenvalue weighted by Gasteiger charge is 2.36. The van der Waals surface area contributed by atoms with Gasteiger partial charge in [0.15, 0.2) is 0 Å². The Morgan fingerprint density at radius 3 is 2.68 bits per heavy atom. The fraction of sp³-hybridized carbons (Fsp3) is 0.500. The second kappa shape index (κ2) is 6.29. The number of halogens is 1. The fourth-order valence-electron chi connectivity index (χ4n) is 2.45. The van der Waals surface area contributed by atoms with Crippen molar-refractivity contribution in [3.63, 3.8) is 0 Å². The van der Waals surface area contributed by atoms with Gasteiger partial charge < -0.3 is 9.80 Å². The second-order valence-corrected chi connectivity index (χ2v) is 7.02. The lowest BCUT2D eigenvalue weighted by molar-refractivity contribution is 0.0783. The van der Waals surface area contributed by atoms with E-state index in [9.17, 15) is 4.79 Å². The van der Waals surface area contributed by atoms with Crippen LogP contribution in [0, 0.1) is 0 Å². The molecule has 1 fully saturated rings. The molecule has 0 spiro atoms. The number of rotatable bonds is 3. The van der Waals surface area contributed by atoms with Gasteiger partial charge in [0.1, 0.15) is 0 Å². The van der Waals surface area contributed by atoms with Gasteiger partial charge in [0.25, 0.3) is 5.91 Å². The Bertz CT molecular complexity index is 467. The highest BCUT2D eigenvalue weighted by atomic mass is 79.9. The Morgan fingerprint density at radius 2 is 2.16 bits per heavy atom. The summed E-state index contributed by atoms with van der Waals surface area (Å²) < 4.78 is 0.947. The van der Waals surface area contributed by atoms with Crippen molar-refractivity contribution in [3.05, 3.63) is 34.3 Å². The first-order valence-corrected chi connectivity index (χ1v) is 8.35. The first-order chi connectivity index (χ1) is 9.02. The molecule has 0 aromatic heterocycles. The third-order valence-electron chi connectivity index (χ3n) is 3.56. The first-order valence-electron chi connectivity index (χ1n) is 6.27. The van der Waals surface area contributed by atoms with E-state index in [4.69, 9.17) is 0 Å². The number of carbonyl (C=O) groups is 1. The number of amides is 1. The zero-order valence-corrected chi connectivity index (χ0v) is 13.9. The summed E-state index contributed by atoms with van der Waals surface area (Å²) >= 11 is 5.26. The smallest absolute Gasteiger partial charge is 0.253 e. The van der Waals surface area contributed by atoms with Gasteiger partial charge in [0.05, 0.1) is 0 Å². The summed E-state index contributed by atoms with van der Waals surface area (Å²) in [5.74, 6) is 0.129. The zero-order chi connectivity index (χ0) is 14.0. The molecule has 2 atom stereocenters. The number of hydrogen-bond acceptors (Lipinski definition) is 3. The number of likely N-dealkylation sites (N-methyl/N-ethyl adjacent to an activating group) is 1. The van der Waals surface area contributed by atoms with Crippen LogP contribution in [0.1, 0.15) is 10.4 Å². The number of benzene rings is 1. The predicted molar refractivity (Wildman–Crippen MR) is 84.8 cm³/mol. The van der Waals surface area contributed by atoms with Crippen LogP contribution in [-0.2, 0) is 0 Å². The molecule has 19 heavy (non-hydrogen) atoms. The number of hydrogen-bond donors (Lipinski definition) is 0. The molecule has 3 nitrogen and oxygen atoms in total. The van der Waals surface area contributed by atoms with E-state index in [0.29, 0.717) is 11.3 Å². The van der Waals surface area contributed by atoms with Crippen LogP contribution in [0.25, 0.3) is 0 Å². The molecule has 0 bridgehead atoms. The van der Waals surface area contributed by atoms with Crippen LogP contribution in [0.3, 0.4) is 0 Å². The van der Waals surface area contributed by atoms with Crippen LogP contribution < -0.4 is 0 Å². The maximum atomic E-state index is 12.5. The molecule has 104 valence electrons. The molecule has 2 rings (SSSR count). The minimum Gasteiger partial charge on any atom is -0.336 e. The van der Waals surface area contributed by atoms with Gasteiger partial charge in [0.2, 0.25) is 0 Å². The van der Waals surface area contributed by atoms with Crippen LogP contribution in [-0.4, -0.2) is 60.4 Å². The Kier molecular flexibility index (Phi) is 4.92. The first kappa shape index (κ1) is 14.9. The Balaban J connectivity index is 2.13. The molecular weight excluding hydrogens is 324 g/mol. The fourth-order valence-corrected chi connectivity index (χ4v) is 3.83. The van der Waals surface area contributed by atoms with Gasteiger partial charge in [-0.3, -0.25) is 4.79 Å². The Hall–Kier alpha value is -0.520. The molecule has 1 aliphatic heterocycles. The van der Waals surface area contributed by atoms with E-state index in [-0.39, 0.29) is 5.91 Å². The van der Waals surface area contributed by atoms with Crippen LogP contribution in [0.15, 0.2) is 28.7 Å². The summed E-state index contributed by atoms with van der Waals surface area (Å²) in [6, 6.07) is 8.05. The normalized spacial score (nSPS) is 23.1. The quantitative estimate of drug-likeness (QED) is 0.843. The average Bonchev–Trinajstić information content (AvgIpc) is 2.82. The number of carbonyl (C=O) groups excluding carboxylic acids is 1. The van der Waals surface area contributed by atoms with Gasteiger partial charge in [-0.15, -0.1) is 0 Å². The third kappa shape index (κ3) is 3.33. The van der Waals surface area contributed by atoms with Crippen molar-refractivity contribution in [3.8, 4) is 0 Å². The minimum absolute atomic E-state index is 0.129. The summed E-state index contributed by atoms with van der Waals surface area (Å²) in [6.07, 6.45) is 2.12. The van der Waals surface area contributed by atoms with Crippen molar-refractivity contribution in [2.45, 2.75) is 11.3 Å². The highest BCUT2D eigenvalue weighted by molar-refractivity contribution is 9.10. The maximum Gasteiger partial charge on any atom is 0.253 e. The molecule has 0 unspecified atom stereocenters. The summed E-state index contributed by atoms with van der Waals surface area (Å²) in [6.45, 7) is 1.64. The largest absolute Gasteiger partial charge is 0.336 e. The van der Waals surface area contributed by atoms with Gasteiger partial charge in [0, 0.05) is 34.4 Å². The van der Waals surface area contributed by atoms with Crippen LogP contribution in [0.2, 0.25) is 0 Å². The van der Waals surface area contributed by atoms with Crippen molar-refractivity contribution in [2.75, 3.05) is 33.4 Å². The molecule has 1 aromatic rings. The van der Waals surface area contributed by atoms with E-state index in [2.05, 4.69) is 41.2 Å². The van der Waals surface area contributed by atoms with E-state index < -0.39 is 0 Å². The van der Waals surface area contributed by atoms with Gasteiger partial charge in [-0.25, -0.2) is 0 Å². The SMILES string of the molecule is CS[C@@H]1CN(C(=O)c2cccc(Br)c2)C[C@H]1N(C)C. The van der Waals surface area contributed by atoms with E-state index in [1.54, 1.807) is 0 Å². The predicted octanol–water partition coefficient (Wildman–Crippen LogP) is 2.57. The van der Waals surface area contributed by atoms with E-state index in [1.807, 2.05) is 40.9 Å². The Morgan fingerprint density at radius 1 is 1.42 bits per heavy atom. The molecule has 5 heteroatoms. The molecule has 1 saturated heterocycles. The standard InChI is InChI=1S/C14H19BrN2OS/c1-16(2)12-8-17(9-13(12)19-3)14(18)10-5-4-6-11(15)7-10/h4-7,12-13H,8-9H2,1-3H3/t12-,13-/m1/s1. The molecule has 1 aliphatic rings. The van der Waals surface area contributed by atoms with Crippen LogP contribution in [0.4, 0.5) is 0 Å². The van der Waals surface area contributed by atoms with Crippen molar-refractivity contribution in [1.82, 2.24) is 9.80 Å². The summed E-state index contributed by atoms with van der Waals surface area (Å²) in [7, 11) is 4.17. The van der Waals surface area contributed by atoms with Gasteiger partial charge in [-0.1, -0.05) is 22.0 Å². The molecule has 0 N–H and O–H groups in total. The lowest BCUT2D eigenvalue weighted by Crippen LogP contribution is -2.37. The maximum absolute atomic E-state index is 12.5. The van der Waals surface area contributed by atoms with Crippen LogP contribution >= 0.6 is 27.7 Å². The van der Waals surface area contributed by atoms with Crippen molar-refractivity contribution >= 4 is 33.6 Å². The van der Waals surface area contributed by atoms with Gasteiger partial charge in [-0.2, -0.15) is 11.8 Å². The van der Waals surface area contributed by atoms with E-state index >= 15 is 0 Å². The molecule has 0 radical (unpaired) electrons. The van der Waals surface area contributed by atoms with Crippen LogP contribution in [0.5, 0.6) is 0 Å². The highest BCUT2D eigenvalue weighted by Crippen LogP contribution is 2.25. The van der Waals surface area contributed by atoms with Gasteiger partial charge >= 0.3 is 0 Å². The van der Waals surface area contributed by atoms with Crippen molar-refractivity contribution in [2.24, 2.45) is 0 Å². The molecule has 1 amide bonds. The Labute approximate surface area is 127 Å². The lowest BCUT2D eigenvalue weighted by atomic mass is 10.2. The number of likely N-dealkylation sites (tertiary alicyclic amines) is 1. The van der Waals surface area contributed by atoms with Gasteiger partial charge in [-0.05, 0) is 38.6 Å². The van der Waals surface area contributed by atoms with Crippen molar-refractivity contribution < 1.29 is 4.79 Å². The zero-order valence-electron chi connectivity index (χ0n) is 11.5. The lowest BCUT2D eigenvalue weighted by Gasteiger charge is -2.23. The number of nitrogens with zero attached hydrogens (tertiary/aromatic N) is 2. The summed E-state index contributed by atoms with van der Waals surface area (Å²) in [5, 5.41) is 0.492. The minimum atomic E-state index is 0.129. The monoisotopic (exact) mass is 342 g/mol. The van der Waals surface area contributed by atoms with Crippen molar-refractivity contribution in [1.29, 1.82) is 0 Å². The average molecular weight is 343 g/mol. The molecule has 1 heterocycles.